The van der Waals surface area contributed by atoms with E-state index in [9.17, 15) is 13.2 Å². The predicted molar refractivity (Wildman–Crippen MR) is 108 cm³/mol. The van der Waals surface area contributed by atoms with Crippen LogP contribution in [-0.2, 0) is 13.2 Å². The van der Waals surface area contributed by atoms with Gasteiger partial charge in [-0.15, -0.1) is 0 Å². The zero-order valence-electron chi connectivity index (χ0n) is 17.1. The maximum Gasteiger partial charge on any atom is 0.416 e. The van der Waals surface area contributed by atoms with Crippen LogP contribution in [0.3, 0.4) is 0 Å². The molecule has 158 valence electrons. The van der Waals surface area contributed by atoms with Crippen molar-refractivity contribution in [1.82, 2.24) is 20.0 Å². The normalized spacial score (nSPS) is 18.9. The minimum atomic E-state index is -4.31. The van der Waals surface area contributed by atoms with Crippen molar-refractivity contribution >= 4 is 5.96 Å². The molecule has 0 radical (unpaired) electrons. The van der Waals surface area contributed by atoms with Crippen LogP contribution in [0.1, 0.15) is 48.3 Å². The van der Waals surface area contributed by atoms with Crippen LogP contribution in [0.2, 0.25) is 0 Å². The fraction of sp³-hybridized carbons (Fsp3) is 0.524. The SMILES string of the molecule is CN=C(NCCC(C)c1cccc(C(F)(F)F)c1)N1CCC(c2cnn(C)c2)C1. The lowest BCUT2D eigenvalue weighted by atomic mass is 9.96. The third-order valence-corrected chi connectivity index (χ3v) is 5.54. The summed E-state index contributed by atoms with van der Waals surface area (Å²) in [6, 6.07) is 5.60. The van der Waals surface area contributed by atoms with Crippen molar-refractivity contribution in [3.8, 4) is 0 Å². The smallest absolute Gasteiger partial charge is 0.356 e. The molecule has 0 bridgehead atoms. The highest BCUT2D eigenvalue weighted by Gasteiger charge is 2.31. The Morgan fingerprint density at radius 2 is 2.17 bits per heavy atom. The highest BCUT2D eigenvalue weighted by atomic mass is 19.4. The Labute approximate surface area is 169 Å². The van der Waals surface area contributed by atoms with Gasteiger partial charge in [0.05, 0.1) is 11.8 Å². The first-order chi connectivity index (χ1) is 13.8. The van der Waals surface area contributed by atoms with Gasteiger partial charge in [0.15, 0.2) is 5.96 Å². The molecule has 3 rings (SSSR count). The number of halogens is 3. The van der Waals surface area contributed by atoms with E-state index in [-0.39, 0.29) is 5.92 Å². The Bertz CT molecular complexity index is 843. The number of aryl methyl sites for hydroxylation is 1. The Morgan fingerprint density at radius 3 is 2.83 bits per heavy atom. The van der Waals surface area contributed by atoms with E-state index >= 15 is 0 Å². The third kappa shape index (κ3) is 5.31. The molecule has 5 nitrogen and oxygen atoms in total. The second kappa shape index (κ2) is 8.88. The minimum Gasteiger partial charge on any atom is -0.356 e. The summed E-state index contributed by atoms with van der Waals surface area (Å²) in [7, 11) is 3.68. The van der Waals surface area contributed by atoms with Crippen molar-refractivity contribution in [3.05, 3.63) is 53.3 Å². The van der Waals surface area contributed by atoms with Crippen molar-refractivity contribution < 1.29 is 13.2 Å². The van der Waals surface area contributed by atoms with Crippen LogP contribution in [-0.4, -0.2) is 47.3 Å². The number of aromatic nitrogens is 2. The number of aliphatic imine (C=N–C) groups is 1. The third-order valence-electron chi connectivity index (χ3n) is 5.54. The Kier molecular flexibility index (Phi) is 6.49. The predicted octanol–water partition coefficient (Wildman–Crippen LogP) is 4.00. The van der Waals surface area contributed by atoms with Crippen LogP contribution in [0.5, 0.6) is 0 Å². The van der Waals surface area contributed by atoms with Gasteiger partial charge < -0.3 is 10.2 Å². The van der Waals surface area contributed by atoms with E-state index < -0.39 is 11.7 Å². The van der Waals surface area contributed by atoms with Crippen molar-refractivity contribution in [2.75, 3.05) is 26.7 Å². The Hall–Kier alpha value is -2.51. The van der Waals surface area contributed by atoms with Crippen molar-refractivity contribution in [2.45, 2.75) is 37.8 Å². The van der Waals surface area contributed by atoms with Crippen molar-refractivity contribution in [3.63, 3.8) is 0 Å². The number of guanidine groups is 1. The number of rotatable bonds is 5. The molecule has 1 aliphatic rings. The van der Waals surface area contributed by atoms with Gasteiger partial charge in [-0.3, -0.25) is 9.67 Å². The molecule has 1 fully saturated rings. The second-order valence-electron chi connectivity index (χ2n) is 7.67. The lowest BCUT2D eigenvalue weighted by Crippen LogP contribution is -2.40. The summed E-state index contributed by atoms with van der Waals surface area (Å²) in [4.78, 5) is 6.61. The summed E-state index contributed by atoms with van der Waals surface area (Å²) in [5, 5.41) is 7.62. The molecule has 2 heterocycles. The lowest BCUT2D eigenvalue weighted by Gasteiger charge is -2.22. The van der Waals surface area contributed by atoms with Crippen LogP contribution in [0.4, 0.5) is 13.2 Å². The number of likely N-dealkylation sites (tertiary alicyclic amines) is 1. The standard InChI is InChI=1S/C21H28F3N5/c1-15(16-5-4-6-19(11-16)21(22,23)24)7-9-26-20(25-2)29-10-8-17(14-29)18-12-27-28(3)13-18/h4-6,11-13,15,17H,7-10,14H2,1-3H3,(H,25,26). The molecular formula is C21H28F3N5. The molecule has 0 aliphatic carbocycles. The topological polar surface area (TPSA) is 45.5 Å². The zero-order chi connectivity index (χ0) is 21.0. The zero-order valence-corrected chi connectivity index (χ0v) is 17.1. The van der Waals surface area contributed by atoms with Gasteiger partial charge in [-0.2, -0.15) is 18.3 Å². The Balaban J connectivity index is 1.51. The van der Waals surface area contributed by atoms with Crippen LogP contribution in [0.15, 0.2) is 41.7 Å². The number of hydrogen-bond acceptors (Lipinski definition) is 2. The largest absolute Gasteiger partial charge is 0.416 e. The molecule has 0 spiro atoms. The van der Waals surface area contributed by atoms with Crippen LogP contribution in [0, 0.1) is 0 Å². The number of benzene rings is 1. The van der Waals surface area contributed by atoms with E-state index in [0.717, 1.165) is 38.0 Å². The van der Waals surface area contributed by atoms with E-state index in [2.05, 4.69) is 26.5 Å². The molecule has 1 aliphatic heterocycles. The van der Waals surface area contributed by atoms with Gasteiger partial charge >= 0.3 is 6.18 Å². The molecule has 1 N–H and O–H groups in total. The molecule has 2 unspecified atom stereocenters. The second-order valence-corrected chi connectivity index (χ2v) is 7.67. The fourth-order valence-electron chi connectivity index (χ4n) is 3.80. The number of nitrogens with zero attached hydrogens (tertiary/aromatic N) is 4. The van der Waals surface area contributed by atoms with Crippen molar-refractivity contribution in [2.24, 2.45) is 12.0 Å². The highest BCUT2D eigenvalue weighted by molar-refractivity contribution is 5.80. The molecule has 2 atom stereocenters. The summed E-state index contributed by atoms with van der Waals surface area (Å²) in [5.74, 6) is 1.29. The molecule has 0 amide bonds. The van der Waals surface area contributed by atoms with E-state index in [1.807, 2.05) is 24.9 Å². The number of nitrogens with one attached hydrogen (secondary N) is 1. The van der Waals surface area contributed by atoms with E-state index in [1.165, 1.54) is 17.7 Å². The molecule has 2 aromatic rings. The molecule has 1 aromatic carbocycles. The molecule has 1 saturated heterocycles. The Morgan fingerprint density at radius 1 is 1.38 bits per heavy atom. The number of hydrogen-bond donors (Lipinski definition) is 1. The fourth-order valence-corrected chi connectivity index (χ4v) is 3.80. The van der Waals surface area contributed by atoms with Crippen LogP contribution >= 0.6 is 0 Å². The summed E-state index contributed by atoms with van der Waals surface area (Å²) < 4.78 is 40.6. The lowest BCUT2D eigenvalue weighted by molar-refractivity contribution is -0.137. The average Bonchev–Trinajstić information content (AvgIpc) is 3.33. The first kappa shape index (κ1) is 21.2. The monoisotopic (exact) mass is 407 g/mol. The average molecular weight is 407 g/mol. The first-order valence-corrected chi connectivity index (χ1v) is 9.89. The van der Waals surface area contributed by atoms with Gasteiger partial charge in [0.1, 0.15) is 0 Å². The van der Waals surface area contributed by atoms with Crippen LogP contribution in [0.25, 0.3) is 0 Å². The first-order valence-electron chi connectivity index (χ1n) is 9.89. The van der Waals surface area contributed by atoms with Gasteiger partial charge in [0.25, 0.3) is 0 Å². The van der Waals surface area contributed by atoms with Crippen LogP contribution < -0.4 is 5.32 Å². The summed E-state index contributed by atoms with van der Waals surface area (Å²) in [6.07, 6.45) is 1.44. The van der Waals surface area contributed by atoms with E-state index in [1.54, 1.807) is 13.1 Å². The minimum absolute atomic E-state index is 0.0182. The molecular weight excluding hydrogens is 379 g/mol. The summed E-state index contributed by atoms with van der Waals surface area (Å²) in [5.41, 5.74) is 1.35. The highest BCUT2D eigenvalue weighted by Crippen LogP contribution is 2.31. The van der Waals surface area contributed by atoms with Gasteiger partial charge in [-0.25, -0.2) is 0 Å². The van der Waals surface area contributed by atoms with Gasteiger partial charge in [-0.1, -0.05) is 25.1 Å². The van der Waals surface area contributed by atoms with E-state index in [4.69, 9.17) is 0 Å². The maximum absolute atomic E-state index is 12.9. The van der Waals surface area contributed by atoms with Gasteiger partial charge in [0, 0.05) is 45.8 Å². The quantitative estimate of drug-likeness (QED) is 0.602. The molecule has 29 heavy (non-hydrogen) atoms. The maximum atomic E-state index is 12.9. The molecule has 8 heteroatoms. The van der Waals surface area contributed by atoms with Gasteiger partial charge in [0.2, 0.25) is 0 Å². The van der Waals surface area contributed by atoms with Crippen molar-refractivity contribution in [1.29, 1.82) is 0 Å². The number of alkyl halides is 3. The van der Waals surface area contributed by atoms with Gasteiger partial charge in [-0.05, 0) is 36.0 Å². The molecule has 0 saturated carbocycles. The summed E-state index contributed by atoms with van der Waals surface area (Å²) in [6.45, 7) is 4.41. The molecule has 1 aromatic heterocycles. The van der Waals surface area contributed by atoms with E-state index in [0.29, 0.717) is 18.0 Å². The summed E-state index contributed by atoms with van der Waals surface area (Å²) >= 11 is 0.